The van der Waals surface area contributed by atoms with Gasteiger partial charge in [0.15, 0.2) is 5.76 Å². The molecule has 0 bridgehead atoms. The predicted molar refractivity (Wildman–Crippen MR) is 97.0 cm³/mol. The van der Waals surface area contributed by atoms with Gasteiger partial charge in [-0.15, -0.1) is 0 Å². The van der Waals surface area contributed by atoms with Gasteiger partial charge in [0.05, 0.1) is 17.3 Å². The second-order valence-corrected chi connectivity index (χ2v) is 6.98. The molecule has 29 heavy (non-hydrogen) atoms. The number of hydrogen-bond donors (Lipinski definition) is 1. The van der Waals surface area contributed by atoms with Crippen molar-refractivity contribution in [3.63, 3.8) is 0 Å². The largest absolute Gasteiger partial charge is 0.454 e. The van der Waals surface area contributed by atoms with Crippen molar-refractivity contribution in [1.29, 1.82) is 0 Å². The van der Waals surface area contributed by atoms with Crippen LogP contribution in [0.2, 0.25) is 5.02 Å². The van der Waals surface area contributed by atoms with E-state index >= 15 is 0 Å². The molecular weight excluding hydrogens is 489 g/mol. The quantitative estimate of drug-likeness (QED) is 0.411. The van der Waals surface area contributed by atoms with Crippen molar-refractivity contribution in [2.75, 3.05) is 5.32 Å². The maximum atomic E-state index is 13.8. The molecule has 2 aromatic heterocycles. The molecule has 0 saturated carbocycles. The highest BCUT2D eigenvalue weighted by atomic mass is 79.9. The van der Waals surface area contributed by atoms with Crippen molar-refractivity contribution in [2.45, 2.75) is 19.4 Å². The van der Waals surface area contributed by atoms with E-state index in [4.69, 9.17) is 16.0 Å². The molecule has 1 N–H and O–H groups in total. The van der Waals surface area contributed by atoms with Crippen LogP contribution in [0.15, 0.2) is 39.2 Å². The first kappa shape index (κ1) is 21.3. The summed E-state index contributed by atoms with van der Waals surface area (Å²) in [6, 6.07) is 6.49. The van der Waals surface area contributed by atoms with Gasteiger partial charge in [0.1, 0.15) is 23.0 Å². The molecule has 0 spiro atoms. The first-order valence-electron chi connectivity index (χ1n) is 7.85. The van der Waals surface area contributed by atoms with Crippen LogP contribution in [0, 0.1) is 5.82 Å². The first-order chi connectivity index (χ1) is 13.7. The zero-order valence-corrected chi connectivity index (χ0v) is 16.4. The Labute approximate surface area is 173 Å². The zero-order chi connectivity index (χ0) is 21.3. The smallest absolute Gasteiger partial charge is 0.291 e. The van der Waals surface area contributed by atoms with Gasteiger partial charge in [0.2, 0.25) is 0 Å². The van der Waals surface area contributed by atoms with Crippen molar-refractivity contribution in [3.8, 4) is 0 Å². The van der Waals surface area contributed by atoms with Gasteiger partial charge >= 0.3 is 0 Å². The van der Waals surface area contributed by atoms with E-state index < -0.39 is 47.5 Å². The molecule has 1 aromatic carbocycles. The van der Waals surface area contributed by atoms with Crippen molar-refractivity contribution < 1.29 is 31.2 Å². The van der Waals surface area contributed by atoms with Gasteiger partial charge in [-0.05, 0) is 30.3 Å². The zero-order valence-electron chi connectivity index (χ0n) is 14.1. The second kappa shape index (κ2) is 8.54. The lowest BCUT2D eigenvalue weighted by Crippen LogP contribution is -2.12. The van der Waals surface area contributed by atoms with Crippen molar-refractivity contribution in [3.05, 3.63) is 68.6 Å². The maximum Gasteiger partial charge on any atom is 0.291 e. The Morgan fingerprint density at radius 1 is 1.21 bits per heavy atom. The summed E-state index contributed by atoms with van der Waals surface area (Å²) in [7, 11) is 0. The highest BCUT2D eigenvalue weighted by Crippen LogP contribution is 2.35. The van der Waals surface area contributed by atoms with Crippen molar-refractivity contribution in [1.82, 2.24) is 9.78 Å². The number of hydrogen-bond acceptors (Lipinski definition) is 3. The minimum absolute atomic E-state index is 0.0201. The second-order valence-electron chi connectivity index (χ2n) is 5.69. The number of anilines is 1. The normalized spacial score (nSPS) is 11.5. The number of benzene rings is 1. The topological polar surface area (TPSA) is 60.1 Å². The molecule has 0 fully saturated rings. The Hall–Kier alpha value is -2.40. The number of alkyl halides is 4. The predicted octanol–water partition coefficient (Wildman–Crippen LogP) is 6.21. The summed E-state index contributed by atoms with van der Waals surface area (Å²) in [4.78, 5) is 12.2. The highest BCUT2D eigenvalue weighted by Gasteiger charge is 2.28. The standard InChI is InChI=1S/C17H10BrClF5N3O2/c18-7-1-3-10(9(20)5-7)25-17(28)11-4-2-8(29-11)6-27-14(16(23)24)12(19)13(26-27)15(21)22/h1-5,15-16H,6H2,(H,25,28). The molecule has 3 aromatic rings. The van der Waals surface area contributed by atoms with Crippen LogP contribution in [0.3, 0.4) is 0 Å². The van der Waals surface area contributed by atoms with Gasteiger partial charge in [-0.1, -0.05) is 27.5 Å². The molecule has 3 rings (SSSR count). The Morgan fingerprint density at radius 3 is 2.55 bits per heavy atom. The maximum absolute atomic E-state index is 13.8. The van der Waals surface area contributed by atoms with Gasteiger partial charge in [-0.25, -0.2) is 22.0 Å². The molecular formula is C17H10BrClF5N3O2. The van der Waals surface area contributed by atoms with E-state index in [1.54, 1.807) is 0 Å². The fraction of sp³-hybridized carbons (Fsp3) is 0.176. The molecule has 0 aliphatic carbocycles. The van der Waals surface area contributed by atoms with Gasteiger partial charge < -0.3 is 9.73 Å². The Bertz CT molecular complexity index is 1050. The monoisotopic (exact) mass is 497 g/mol. The number of rotatable bonds is 6. The Kier molecular flexibility index (Phi) is 6.27. The number of furan rings is 1. The molecule has 5 nitrogen and oxygen atoms in total. The van der Waals surface area contributed by atoms with Crippen LogP contribution in [-0.2, 0) is 6.54 Å². The number of carbonyl (C=O) groups excluding carboxylic acids is 1. The van der Waals surface area contributed by atoms with Crippen LogP contribution < -0.4 is 5.32 Å². The molecule has 0 radical (unpaired) electrons. The third kappa shape index (κ3) is 4.61. The molecule has 0 aliphatic heterocycles. The van der Waals surface area contributed by atoms with Crippen molar-refractivity contribution in [2.24, 2.45) is 0 Å². The van der Waals surface area contributed by atoms with E-state index in [2.05, 4.69) is 26.3 Å². The van der Waals surface area contributed by atoms with E-state index in [1.807, 2.05) is 0 Å². The summed E-state index contributed by atoms with van der Waals surface area (Å²) >= 11 is 8.67. The summed E-state index contributed by atoms with van der Waals surface area (Å²) in [6.45, 7) is -0.466. The Balaban J connectivity index is 1.80. The number of nitrogens with one attached hydrogen (secondary N) is 1. The average molecular weight is 499 g/mol. The average Bonchev–Trinajstić information content (AvgIpc) is 3.22. The van der Waals surface area contributed by atoms with Crippen LogP contribution in [0.5, 0.6) is 0 Å². The van der Waals surface area contributed by atoms with Crippen molar-refractivity contribution >= 4 is 39.1 Å². The Morgan fingerprint density at radius 2 is 1.93 bits per heavy atom. The summed E-state index contributed by atoms with van der Waals surface area (Å²) < 4.78 is 72.3. The molecule has 0 unspecified atom stereocenters. The van der Waals surface area contributed by atoms with E-state index in [1.165, 1.54) is 24.3 Å². The molecule has 2 heterocycles. The number of amides is 1. The van der Waals surface area contributed by atoms with Crippen LogP contribution in [0.25, 0.3) is 0 Å². The molecule has 0 saturated heterocycles. The third-order valence-corrected chi connectivity index (χ3v) is 4.62. The SMILES string of the molecule is O=C(Nc1ccc(Br)cc1F)c1ccc(Cn2nc(C(F)F)c(Cl)c2C(F)F)o1. The molecule has 1 amide bonds. The van der Waals surface area contributed by atoms with E-state index in [-0.39, 0.29) is 17.2 Å². The highest BCUT2D eigenvalue weighted by molar-refractivity contribution is 9.10. The summed E-state index contributed by atoms with van der Waals surface area (Å²) in [5.41, 5.74) is -1.96. The van der Waals surface area contributed by atoms with Gasteiger partial charge in [-0.3, -0.25) is 9.48 Å². The molecule has 0 aliphatic rings. The lowest BCUT2D eigenvalue weighted by atomic mass is 10.3. The third-order valence-electron chi connectivity index (χ3n) is 3.74. The summed E-state index contributed by atoms with van der Waals surface area (Å²) in [5, 5.41) is 4.88. The van der Waals surface area contributed by atoms with Gasteiger partial charge in [0.25, 0.3) is 18.8 Å². The summed E-state index contributed by atoms with van der Waals surface area (Å²) in [6.07, 6.45) is -6.29. The number of nitrogens with zero attached hydrogens (tertiary/aromatic N) is 2. The minimum atomic E-state index is -3.15. The molecule has 0 atom stereocenters. The number of halogens is 7. The minimum Gasteiger partial charge on any atom is -0.454 e. The van der Waals surface area contributed by atoms with Crippen LogP contribution in [-0.4, -0.2) is 15.7 Å². The fourth-order valence-electron chi connectivity index (χ4n) is 2.45. The lowest BCUT2D eigenvalue weighted by molar-refractivity contribution is 0.0993. The van der Waals surface area contributed by atoms with E-state index in [0.29, 0.717) is 9.15 Å². The van der Waals surface area contributed by atoms with Crippen LogP contribution >= 0.6 is 27.5 Å². The van der Waals surface area contributed by atoms with Gasteiger partial charge in [-0.2, -0.15) is 5.10 Å². The van der Waals surface area contributed by atoms with E-state index in [9.17, 15) is 26.7 Å². The first-order valence-corrected chi connectivity index (χ1v) is 9.02. The van der Waals surface area contributed by atoms with Crippen LogP contribution in [0.4, 0.5) is 27.6 Å². The van der Waals surface area contributed by atoms with Gasteiger partial charge in [0, 0.05) is 4.47 Å². The fourth-order valence-corrected chi connectivity index (χ4v) is 3.08. The lowest BCUT2D eigenvalue weighted by Gasteiger charge is -2.06. The molecule has 12 heteroatoms. The summed E-state index contributed by atoms with van der Waals surface area (Å²) in [5.74, 6) is -1.74. The number of aromatic nitrogens is 2. The molecule has 154 valence electrons. The number of carbonyl (C=O) groups is 1. The van der Waals surface area contributed by atoms with E-state index in [0.717, 1.165) is 6.07 Å². The van der Waals surface area contributed by atoms with Crippen LogP contribution in [0.1, 0.15) is 40.6 Å².